The highest BCUT2D eigenvalue weighted by Gasteiger charge is 2.20. The number of hydrogen-bond acceptors (Lipinski definition) is 7. The van der Waals surface area contributed by atoms with Gasteiger partial charge in [0.2, 0.25) is 0 Å². The van der Waals surface area contributed by atoms with Gasteiger partial charge in [-0.2, -0.15) is 0 Å². The first kappa shape index (κ1) is 48.9. The lowest BCUT2D eigenvalue weighted by atomic mass is 10.1. The molecule has 8 nitrogen and oxygen atoms in total. The quantitative estimate of drug-likeness (QED) is 0.0210. The first-order valence-corrected chi connectivity index (χ1v) is 21.1. The standard InChI is InChI=1S/C42H74NO7P/c1-6-8-10-12-14-16-18-20-22-23-25-27-29-31-33-35-42(44)50-41(40-49-51(45,46)48-38-36-43(3,4)5)39-47-37-34-32-30-28-26-24-21-19-17-15-13-11-9-7-2/h8,10-11,13-14,16-17,19-20,22,25,27,41H,6-7,9,12,15,18,21,23-24,26,28-40H2,1-5H3/b10-8-,13-11-,16-14-,19-17-,22-20-,27-25-. The molecule has 0 saturated carbocycles. The van der Waals surface area contributed by atoms with E-state index in [1.54, 1.807) is 0 Å². The van der Waals surface area contributed by atoms with E-state index < -0.39 is 13.9 Å². The molecule has 2 unspecified atom stereocenters. The lowest BCUT2D eigenvalue weighted by Gasteiger charge is -2.28. The number of carbonyl (C=O) groups excluding carboxylic acids is 1. The summed E-state index contributed by atoms with van der Waals surface area (Å²) in [5.41, 5.74) is 0. The summed E-state index contributed by atoms with van der Waals surface area (Å²) in [5.74, 6) is -0.383. The summed E-state index contributed by atoms with van der Waals surface area (Å²) in [4.78, 5) is 24.9. The van der Waals surface area contributed by atoms with Crippen LogP contribution in [0.15, 0.2) is 72.9 Å². The van der Waals surface area contributed by atoms with Crippen molar-refractivity contribution in [2.45, 2.75) is 136 Å². The van der Waals surface area contributed by atoms with Crippen molar-refractivity contribution in [2.75, 3.05) is 54.1 Å². The molecule has 0 N–H and O–H groups in total. The minimum absolute atomic E-state index is 0.0118. The van der Waals surface area contributed by atoms with E-state index in [1.165, 1.54) is 25.7 Å². The van der Waals surface area contributed by atoms with Gasteiger partial charge >= 0.3 is 5.97 Å². The Morgan fingerprint density at radius 1 is 0.627 bits per heavy atom. The van der Waals surface area contributed by atoms with Crippen molar-refractivity contribution in [1.29, 1.82) is 0 Å². The Kier molecular flexibility index (Phi) is 33.6. The monoisotopic (exact) mass is 736 g/mol. The van der Waals surface area contributed by atoms with Gasteiger partial charge in [0, 0.05) is 13.0 Å². The number of likely N-dealkylation sites (N-methyl/N-ethyl adjacent to an activating group) is 1. The summed E-state index contributed by atoms with van der Waals surface area (Å²) in [6.45, 7) is 5.11. The molecule has 51 heavy (non-hydrogen) atoms. The third-order valence-electron chi connectivity index (χ3n) is 7.72. The Labute approximate surface area is 312 Å². The Balaban J connectivity index is 4.41. The fourth-order valence-corrected chi connectivity index (χ4v) is 5.42. The number of phosphoric ester groups is 1. The summed E-state index contributed by atoms with van der Waals surface area (Å²) in [6, 6.07) is 0. The van der Waals surface area contributed by atoms with Crippen molar-refractivity contribution >= 4 is 13.8 Å². The maximum Gasteiger partial charge on any atom is 0.306 e. The van der Waals surface area contributed by atoms with Crippen LogP contribution in [0, 0.1) is 0 Å². The third kappa shape index (κ3) is 39.0. The molecule has 0 saturated heterocycles. The smallest absolute Gasteiger partial charge is 0.306 e. The van der Waals surface area contributed by atoms with E-state index in [4.69, 9.17) is 18.5 Å². The lowest BCUT2D eigenvalue weighted by Crippen LogP contribution is -2.37. The zero-order chi connectivity index (χ0) is 37.7. The van der Waals surface area contributed by atoms with E-state index >= 15 is 0 Å². The van der Waals surface area contributed by atoms with Gasteiger partial charge in [-0.15, -0.1) is 0 Å². The van der Waals surface area contributed by atoms with E-state index in [0.29, 0.717) is 24.1 Å². The highest BCUT2D eigenvalue weighted by atomic mass is 31.2. The number of nitrogens with zero attached hydrogens (tertiary/aromatic N) is 1. The summed E-state index contributed by atoms with van der Waals surface area (Å²) in [7, 11) is 1.31. The molecular formula is C42H74NO7P. The number of esters is 1. The fraction of sp³-hybridized carbons (Fsp3) is 0.690. The van der Waals surface area contributed by atoms with Crippen LogP contribution in [0.5, 0.6) is 0 Å². The number of rotatable bonds is 35. The molecule has 0 aromatic rings. The van der Waals surface area contributed by atoms with Gasteiger partial charge in [0.15, 0.2) is 0 Å². The van der Waals surface area contributed by atoms with E-state index in [9.17, 15) is 14.3 Å². The minimum atomic E-state index is -4.54. The molecule has 0 aliphatic heterocycles. The van der Waals surface area contributed by atoms with Crippen molar-refractivity contribution < 1.29 is 37.3 Å². The zero-order valence-corrected chi connectivity index (χ0v) is 33.9. The molecule has 0 bridgehead atoms. The van der Waals surface area contributed by atoms with Crippen LogP contribution in [0.3, 0.4) is 0 Å². The Bertz CT molecular complexity index is 1040. The first-order chi connectivity index (χ1) is 24.6. The second-order valence-electron chi connectivity index (χ2n) is 13.9. The van der Waals surface area contributed by atoms with Gasteiger partial charge < -0.3 is 27.9 Å². The molecule has 2 atom stereocenters. The normalized spacial score (nSPS) is 14.7. The summed E-state index contributed by atoms with van der Waals surface area (Å²) in [5, 5.41) is 0. The molecule has 0 spiro atoms. The first-order valence-electron chi connectivity index (χ1n) is 19.7. The lowest BCUT2D eigenvalue weighted by molar-refractivity contribution is -0.870. The SMILES string of the molecule is CC/C=C\C/C=C\C/C=C\C/C=C\CCCCC(=O)OC(COCCCCCCCC/C=C\C/C=C\CCC)COP(=O)([O-])OCC[N+](C)(C)C. The van der Waals surface area contributed by atoms with Crippen LogP contribution < -0.4 is 4.89 Å². The maximum atomic E-state index is 12.6. The molecule has 9 heteroatoms. The van der Waals surface area contributed by atoms with Crippen molar-refractivity contribution in [3.63, 3.8) is 0 Å². The number of allylic oxidation sites excluding steroid dienone is 12. The summed E-state index contributed by atoms with van der Waals surface area (Å²) >= 11 is 0. The third-order valence-corrected chi connectivity index (χ3v) is 8.69. The van der Waals surface area contributed by atoms with E-state index in [0.717, 1.165) is 77.0 Å². The Morgan fingerprint density at radius 3 is 1.71 bits per heavy atom. The van der Waals surface area contributed by atoms with Gasteiger partial charge in [-0.05, 0) is 77.0 Å². The van der Waals surface area contributed by atoms with Crippen molar-refractivity contribution in [3.8, 4) is 0 Å². The Morgan fingerprint density at radius 2 is 1.14 bits per heavy atom. The highest BCUT2D eigenvalue weighted by molar-refractivity contribution is 7.45. The van der Waals surface area contributed by atoms with Crippen LogP contribution in [0.25, 0.3) is 0 Å². The number of ether oxygens (including phenoxy) is 2. The van der Waals surface area contributed by atoms with Crippen LogP contribution in [-0.2, 0) is 27.9 Å². The van der Waals surface area contributed by atoms with Crippen LogP contribution in [0.2, 0.25) is 0 Å². The van der Waals surface area contributed by atoms with Gasteiger partial charge in [0.05, 0.1) is 34.4 Å². The predicted octanol–water partition coefficient (Wildman–Crippen LogP) is 10.5. The number of carbonyl (C=O) groups is 1. The van der Waals surface area contributed by atoms with Crippen LogP contribution >= 0.6 is 7.82 Å². The Hall–Kier alpha value is -2.06. The largest absolute Gasteiger partial charge is 0.756 e. The average molecular weight is 736 g/mol. The summed E-state index contributed by atoms with van der Waals surface area (Å²) in [6.07, 6.45) is 43.4. The minimum Gasteiger partial charge on any atom is -0.756 e. The van der Waals surface area contributed by atoms with Gasteiger partial charge in [0.25, 0.3) is 7.82 Å². The summed E-state index contributed by atoms with van der Waals surface area (Å²) < 4.78 is 34.4. The van der Waals surface area contributed by atoms with Crippen LogP contribution in [-0.4, -0.2) is 70.7 Å². The second kappa shape index (κ2) is 35.0. The molecule has 0 aromatic heterocycles. The number of phosphoric acid groups is 1. The predicted molar refractivity (Wildman–Crippen MR) is 212 cm³/mol. The van der Waals surface area contributed by atoms with Crippen LogP contribution in [0.1, 0.15) is 129 Å². The van der Waals surface area contributed by atoms with Crippen molar-refractivity contribution in [1.82, 2.24) is 0 Å². The van der Waals surface area contributed by atoms with Gasteiger partial charge in [-0.3, -0.25) is 9.36 Å². The van der Waals surface area contributed by atoms with Crippen LogP contribution in [0.4, 0.5) is 0 Å². The van der Waals surface area contributed by atoms with Gasteiger partial charge in [-0.1, -0.05) is 119 Å². The highest BCUT2D eigenvalue weighted by Crippen LogP contribution is 2.38. The molecule has 0 aliphatic rings. The van der Waals surface area contributed by atoms with Crippen molar-refractivity contribution in [3.05, 3.63) is 72.9 Å². The molecule has 294 valence electrons. The molecule has 0 radical (unpaired) electrons. The second-order valence-corrected chi connectivity index (χ2v) is 15.3. The fourth-order valence-electron chi connectivity index (χ4n) is 4.69. The maximum absolute atomic E-state index is 12.6. The van der Waals surface area contributed by atoms with E-state index in [1.807, 2.05) is 21.1 Å². The molecule has 0 rings (SSSR count). The molecule has 0 fully saturated rings. The molecule has 0 aromatic carbocycles. The molecule has 0 aliphatic carbocycles. The molecule has 0 amide bonds. The number of unbranched alkanes of at least 4 members (excludes halogenated alkanes) is 9. The number of quaternary nitrogens is 1. The topological polar surface area (TPSA) is 94.1 Å². The van der Waals surface area contributed by atoms with E-state index in [-0.39, 0.29) is 32.2 Å². The molecule has 0 heterocycles. The zero-order valence-electron chi connectivity index (χ0n) is 33.0. The van der Waals surface area contributed by atoms with Gasteiger partial charge in [0.1, 0.15) is 19.3 Å². The van der Waals surface area contributed by atoms with E-state index in [2.05, 4.69) is 86.8 Å². The number of hydrogen-bond donors (Lipinski definition) is 0. The van der Waals surface area contributed by atoms with Gasteiger partial charge in [-0.25, -0.2) is 0 Å². The average Bonchev–Trinajstić information content (AvgIpc) is 3.08. The molecular weight excluding hydrogens is 661 g/mol. The van der Waals surface area contributed by atoms with Crippen molar-refractivity contribution in [2.24, 2.45) is 0 Å².